The number of ether oxygens (including phenoxy) is 3. The van der Waals surface area contributed by atoms with Crippen LogP contribution in [0.15, 0.2) is 128 Å². The summed E-state index contributed by atoms with van der Waals surface area (Å²) in [6, 6.07) is 25.4. The van der Waals surface area contributed by atoms with Crippen LogP contribution in [-0.4, -0.2) is 223 Å². The first-order chi connectivity index (χ1) is 63.0. The minimum absolute atomic E-state index is 0.00495. The predicted octanol–water partition coefficient (Wildman–Crippen LogP) is 16.8. The Kier molecular flexibility index (Phi) is 29.4. The topological polar surface area (TPSA) is 211 Å². The molecule has 1 N–H and O–H groups in total. The van der Waals surface area contributed by atoms with Crippen molar-refractivity contribution >= 4 is 119 Å². The molecule has 686 valence electrons. The number of piperazine rings is 3. The van der Waals surface area contributed by atoms with Crippen molar-refractivity contribution in [1.29, 1.82) is 0 Å². The molecule has 0 radical (unpaired) electrons. The molecule has 2 unspecified atom stereocenters. The number of rotatable bonds is 23. The average Bonchev–Trinajstić information content (AvgIpc) is 0.763. The third-order valence-electron chi connectivity index (χ3n) is 25.2. The van der Waals surface area contributed by atoms with Gasteiger partial charge in [0.2, 0.25) is 19.6 Å². The van der Waals surface area contributed by atoms with Gasteiger partial charge in [-0.1, -0.05) is 109 Å². The van der Waals surface area contributed by atoms with Gasteiger partial charge in [-0.3, -0.25) is 14.4 Å². The molecule has 0 spiro atoms. The van der Waals surface area contributed by atoms with Crippen LogP contribution in [0.25, 0.3) is 46.9 Å². The van der Waals surface area contributed by atoms with Gasteiger partial charge < -0.3 is 78.2 Å². The van der Waals surface area contributed by atoms with Crippen molar-refractivity contribution in [3.8, 4) is 18.0 Å². The van der Waals surface area contributed by atoms with Gasteiger partial charge >= 0.3 is 18.0 Å². The van der Waals surface area contributed by atoms with Crippen LogP contribution in [0, 0.1) is 43.1 Å². The number of carbonyl (C=O) groups excluding carboxylic acids is 3. The summed E-state index contributed by atoms with van der Waals surface area (Å²) in [6.45, 7) is 41.9. The van der Waals surface area contributed by atoms with Crippen molar-refractivity contribution in [3.05, 3.63) is 229 Å². The highest BCUT2D eigenvalue weighted by atomic mass is 35.5. The Morgan fingerprint density at radius 2 is 0.893 bits per heavy atom. The summed E-state index contributed by atoms with van der Waals surface area (Å²) in [4.78, 5) is 93.2. The molecule has 6 aromatic carbocycles. The van der Waals surface area contributed by atoms with Gasteiger partial charge in [0, 0.05) is 147 Å². The minimum Gasteiger partial charge on any atom is -0.463 e. The molecule has 0 bridgehead atoms. The molecule has 1 aliphatic carbocycles. The molecule has 9 aromatic rings. The number of nitrogens with one attached hydrogen (secondary N) is 1. The molecule has 3 amide bonds. The molecule has 7 aliphatic heterocycles. The number of hydrogen-bond donors (Lipinski definition) is 1. The van der Waals surface area contributed by atoms with E-state index in [2.05, 4.69) is 59.2 Å². The number of fused-ring (bicyclic) bond motifs is 6. The van der Waals surface area contributed by atoms with Crippen LogP contribution in [0.1, 0.15) is 92.6 Å². The fourth-order valence-corrected chi connectivity index (χ4v) is 19.3. The van der Waals surface area contributed by atoms with Gasteiger partial charge in [-0.2, -0.15) is 29.9 Å². The SMILES string of the molecule is [C-]#[N+]C[C@H]1CN(c2nc(OC3CCC3)nc3c2CCN(c2cccc4ccc(F)c(Cl)c24)C3)CCN1C(=O)C(=C)F.[C-]#[N+]C[C@H]1CN(c2nc(OCCCCC(C)F)nc3c2CCN(c2cccc4ccc(F)c(Cl)c24)C3)CCN1C(=O)C(=C)F.[C-]#[N+]C[C@H]1CN(c2nc(OC[C@H]3CNCC(C)(F)C3)nc3c2CCN(c2cccc4ccc(F)c(Cl)c24)C3)CCN1C(=O)C(=C)F. The van der Waals surface area contributed by atoms with Crippen molar-refractivity contribution in [1.82, 2.24) is 49.9 Å². The third-order valence-corrected chi connectivity index (χ3v) is 26.3. The van der Waals surface area contributed by atoms with E-state index in [1.54, 1.807) is 25.1 Å². The molecule has 1 saturated carbocycles. The van der Waals surface area contributed by atoms with Gasteiger partial charge in [0.05, 0.1) is 71.2 Å². The van der Waals surface area contributed by atoms with Crippen LogP contribution in [-0.2, 0) is 53.3 Å². The van der Waals surface area contributed by atoms with E-state index in [1.807, 2.05) is 64.4 Å². The number of anilines is 6. The zero-order valence-corrected chi connectivity index (χ0v) is 74.8. The van der Waals surface area contributed by atoms with Gasteiger partial charge in [-0.15, -0.1) is 0 Å². The highest BCUT2D eigenvalue weighted by Gasteiger charge is 2.42. The van der Waals surface area contributed by atoms with Crippen molar-refractivity contribution in [3.63, 3.8) is 0 Å². The zero-order chi connectivity index (χ0) is 92.6. The third kappa shape index (κ3) is 21.0. The number of halogens is 11. The molecule has 5 fully saturated rings. The second kappa shape index (κ2) is 41.1. The van der Waals surface area contributed by atoms with E-state index in [1.165, 1.54) is 39.8 Å². The first-order valence-electron chi connectivity index (χ1n) is 43.8. The fraction of sp³-hybridized carbons (Fsp3) is 0.432. The number of piperidine rings is 1. The normalized spacial score (nSPS) is 19.9. The monoisotopic (exact) mass is 1860 g/mol. The van der Waals surface area contributed by atoms with E-state index in [9.17, 15) is 49.5 Å². The van der Waals surface area contributed by atoms with Crippen LogP contribution < -0.4 is 48.9 Å². The molecule has 25 nitrogen and oxygen atoms in total. The van der Waals surface area contributed by atoms with E-state index in [0.29, 0.717) is 169 Å². The van der Waals surface area contributed by atoms with Crippen LogP contribution in [0.2, 0.25) is 15.1 Å². The average molecular weight is 1860 g/mol. The van der Waals surface area contributed by atoms with E-state index in [0.717, 1.165) is 80.6 Å². The number of benzene rings is 6. The second-order valence-electron chi connectivity index (χ2n) is 34.2. The first-order valence-corrected chi connectivity index (χ1v) is 44.9. The molecule has 10 heterocycles. The number of aromatic nitrogens is 6. The Morgan fingerprint density at radius 3 is 1.24 bits per heavy atom. The summed E-state index contributed by atoms with van der Waals surface area (Å²) < 4.78 is 131. The van der Waals surface area contributed by atoms with Gasteiger partial charge in [0.15, 0.2) is 17.5 Å². The number of unbranched alkanes of at least 4 members (excludes halogenated alkanes) is 1. The van der Waals surface area contributed by atoms with Gasteiger partial charge in [0.1, 0.15) is 64.8 Å². The second-order valence-corrected chi connectivity index (χ2v) is 35.4. The lowest BCUT2D eigenvalue weighted by molar-refractivity contribution is -0.131. The van der Waals surface area contributed by atoms with E-state index in [-0.39, 0.29) is 105 Å². The summed E-state index contributed by atoms with van der Waals surface area (Å²) in [5.41, 5.74) is 6.08. The first kappa shape index (κ1) is 93.6. The number of carbonyl (C=O) groups is 3. The standard InChI is InChI=1S/C33H35ClF3N7O2.C32H34ClF3N6O2.C30H29ClF2N6O2/c1-20(35)31(45)44-12-11-43(16-23(44)15-38-3)30-24-9-10-42(27-6-4-5-22-7-8-25(36)29(34)28(22)27)17-26(24)40-32(41-30)46-18-21-13-33(2,37)19-39-14-21;1-20(34)7-4-5-16-44-32-38-26-19-40(27-9-6-8-22-10-11-25(36)29(33)28(22)27)13-12-24(26)30(39-32)41-14-15-42(31(43)21(2)35)23(18-41)17-37-3;1-18(32)29(40)39-14-13-38(16-20(39)15-34-2)28-22-11-12-37(17-24(22)35-30(36-28)41-21-6-4-7-21)25-8-3-5-19-9-10-23(33)27(31)26(19)25/h4-8,21,23,39H,1,9-19H2,2H3;6,8-11,20,23H,2,4-5,7,12-19H2,1H3;3,5,8-10,20-21H,1,4,6-7,11-17H2/t21-,23+,33?;20?,23-;20-/m100/s1. The Balaban J connectivity index is 0.000000151. The maximum Gasteiger partial charge on any atom is 0.318 e. The Bertz CT molecular complexity index is 6020. The maximum absolute atomic E-state index is 14.7. The van der Waals surface area contributed by atoms with Gasteiger partial charge in [-0.05, 0) is 131 Å². The van der Waals surface area contributed by atoms with Crippen molar-refractivity contribution in [2.45, 2.75) is 134 Å². The van der Waals surface area contributed by atoms with Crippen LogP contribution in [0.3, 0.4) is 0 Å². The van der Waals surface area contributed by atoms with Gasteiger partial charge in [-0.25, -0.2) is 54.8 Å². The summed E-state index contributed by atoms with van der Waals surface area (Å²) in [7, 11) is 0. The molecule has 131 heavy (non-hydrogen) atoms. The molecule has 17 rings (SSSR count). The zero-order valence-electron chi connectivity index (χ0n) is 72.5. The molecule has 8 aliphatic rings. The number of alkyl halides is 2. The highest BCUT2D eigenvalue weighted by Crippen LogP contribution is 2.44. The lowest BCUT2D eigenvalue weighted by Gasteiger charge is -2.41. The summed E-state index contributed by atoms with van der Waals surface area (Å²) in [6.07, 6.45) is 6.00. The Morgan fingerprint density at radius 1 is 0.519 bits per heavy atom. The lowest BCUT2D eigenvalue weighted by atomic mass is 9.90. The minimum atomic E-state index is -1.34. The molecule has 6 atom stereocenters. The van der Waals surface area contributed by atoms with Crippen LogP contribution in [0.5, 0.6) is 18.0 Å². The summed E-state index contributed by atoms with van der Waals surface area (Å²) in [5, 5.41) is 7.74. The van der Waals surface area contributed by atoms with Crippen LogP contribution >= 0.6 is 34.8 Å². The van der Waals surface area contributed by atoms with Crippen LogP contribution in [0.4, 0.5) is 69.6 Å². The highest BCUT2D eigenvalue weighted by molar-refractivity contribution is 6.38. The van der Waals surface area contributed by atoms with E-state index in [4.69, 9.17) is 98.6 Å². The lowest BCUT2D eigenvalue weighted by Crippen LogP contribution is -2.57. The Hall–Kier alpha value is -12.1. The van der Waals surface area contributed by atoms with E-state index >= 15 is 0 Å². The van der Waals surface area contributed by atoms with Crippen molar-refractivity contribution in [2.75, 3.05) is 154 Å². The quantitative estimate of drug-likeness (QED) is 0.0273. The molecule has 36 heteroatoms. The van der Waals surface area contributed by atoms with Crippen molar-refractivity contribution in [2.24, 2.45) is 5.92 Å². The summed E-state index contributed by atoms with van der Waals surface area (Å²) >= 11 is 19.4. The Labute approximate surface area is 769 Å². The largest absolute Gasteiger partial charge is 0.463 e. The number of amides is 3. The van der Waals surface area contributed by atoms with Crippen molar-refractivity contribution < 1.29 is 63.7 Å². The van der Waals surface area contributed by atoms with Gasteiger partial charge in [0.25, 0.3) is 17.7 Å². The van der Waals surface area contributed by atoms with E-state index < -0.39 is 82.6 Å². The fourth-order valence-electron chi connectivity index (χ4n) is 18.5. The molecular weight excluding hydrogens is 1760 g/mol. The summed E-state index contributed by atoms with van der Waals surface area (Å²) in [5.74, 6) is -5.10. The molecule has 3 aromatic heterocycles. The maximum atomic E-state index is 14.7. The molecular formula is C95H98Cl3F8N19O6. The number of hydrogen-bond acceptors (Lipinski definition) is 19. The predicted molar refractivity (Wildman–Crippen MR) is 490 cm³/mol. The number of nitrogens with zero attached hydrogens (tertiary/aromatic N) is 18. The molecule has 4 saturated heterocycles. The smallest absolute Gasteiger partial charge is 0.318 e.